The smallest absolute Gasteiger partial charge is 0.404 e. The molecule has 0 bridgehead atoms. The normalized spacial score (nSPS) is 13.7. The number of rotatable bonds is 11. The molecular weight excluding hydrogens is 594 g/mol. The molecule has 0 saturated carbocycles. The average Bonchev–Trinajstić information content (AvgIpc) is 3.47. The van der Waals surface area contributed by atoms with Gasteiger partial charge in [0.1, 0.15) is 10.9 Å². The number of alkyl halides is 5. The van der Waals surface area contributed by atoms with Crippen molar-refractivity contribution in [3.8, 4) is 21.3 Å². The number of nitrogens with zero attached hydrogens (tertiary/aromatic N) is 3. The Labute approximate surface area is 227 Å². The van der Waals surface area contributed by atoms with Crippen molar-refractivity contribution in [1.82, 2.24) is 19.8 Å². The summed E-state index contributed by atoms with van der Waals surface area (Å²) in [5.41, 5.74) is -3.52. The molecule has 1 atom stereocenters. The molecule has 40 heavy (non-hydrogen) atoms. The van der Waals surface area contributed by atoms with Crippen molar-refractivity contribution in [2.24, 2.45) is 5.41 Å². The fourth-order valence-corrected chi connectivity index (χ4v) is 5.89. The van der Waals surface area contributed by atoms with E-state index in [1.807, 2.05) is 0 Å². The first-order valence-electron chi connectivity index (χ1n) is 11.3. The number of carboxylic acids is 1. The number of hydrogen-bond donors (Lipinski definition) is 3. The first-order valence-corrected chi connectivity index (χ1v) is 13.6. The van der Waals surface area contributed by atoms with Crippen molar-refractivity contribution in [1.29, 1.82) is 0 Å². The van der Waals surface area contributed by atoms with E-state index in [4.69, 9.17) is 4.52 Å². The van der Waals surface area contributed by atoms with Crippen LogP contribution in [0.25, 0.3) is 21.3 Å². The second kappa shape index (κ2) is 11.4. The molecule has 1 aromatic carbocycles. The topological polar surface area (TPSA) is 156 Å². The molecule has 3 aromatic rings. The highest BCUT2D eigenvalue weighted by molar-refractivity contribution is 7.89. The molecule has 0 fully saturated rings. The number of aliphatic carboxylic acids is 1. The van der Waals surface area contributed by atoms with Crippen molar-refractivity contribution in [2.45, 2.75) is 63.8 Å². The molecule has 18 heteroatoms. The maximum Gasteiger partial charge on any atom is 0.404 e. The van der Waals surface area contributed by atoms with Crippen LogP contribution >= 0.6 is 11.3 Å². The van der Waals surface area contributed by atoms with Crippen molar-refractivity contribution >= 4 is 27.3 Å². The lowest BCUT2D eigenvalue weighted by molar-refractivity contribution is -0.151. The molecule has 10 nitrogen and oxygen atoms in total. The zero-order valence-electron chi connectivity index (χ0n) is 20.9. The predicted octanol–water partition coefficient (Wildman–Crippen LogP) is 4.70. The van der Waals surface area contributed by atoms with Gasteiger partial charge in [0.05, 0.1) is 28.2 Å². The highest BCUT2D eigenvalue weighted by Gasteiger charge is 2.42. The SMILES string of the molecule is CCC(NS(=O)(=O)c1ccc(-c2sc(-c3noc(CC(C)(C)C(=O)O)n3)nc2CO)c(C(F)F)c1F)C(F)(F)F. The Morgan fingerprint density at radius 3 is 2.38 bits per heavy atom. The summed E-state index contributed by atoms with van der Waals surface area (Å²) >= 11 is 0.613. The number of aliphatic hydroxyl groups excluding tert-OH is 1. The summed E-state index contributed by atoms with van der Waals surface area (Å²) in [6, 6.07) is -1.29. The first-order chi connectivity index (χ1) is 18.4. The molecular formula is C22H22F6N4O6S2. The number of benzene rings is 1. The lowest BCUT2D eigenvalue weighted by Crippen LogP contribution is -2.45. The zero-order valence-corrected chi connectivity index (χ0v) is 22.5. The van der Waals surface area contributed by atoms with Crippen molar-refractivity contribution < 1.29 is 54.3 Å². The second-order valence-corrected chi connectivity index (χ2v) is 11.8. The number of sulfonamides is 1. The Morgan fingerprint density at radius 1 is 1.20 bits per heavy atom. The van der Waals surface area contributed by atoms with Crippen LogP contribution in [0.1, 0.15) is 50.8 Å². The van der Waals surface area contributed by atoms with Gasteiger partial charge in [-0.3, -0.25) is 4.79 Å². The van der Waals surface area contributed by atoms with E-state index in [0.717, 1.165) is 13.0 Å². The Balaban J connectivity index is 2.08. The molecule has 0 aliphatic rings. The van der Waals surface area contributed by atoms with Crippen molar-refractivity contribution in [2.75, 3.05) is 0 Å². The van der Waals surface area contributed by atoms with Crippen LogP contribution in [0.4, 0.5) is 26.3 Å². The van der Waals surface area contributed by atoms with Crippen LogP contribution in [0.3, 0.4) is 0 Å². The number of thiazole rings is 1. The number of halogens is 6. The average molecular weight is 617 g/mol. The third-order valence-electron chi connectivity index (χ3n) is 5.68. The summed E-state index contributed by atoms with van der Waals surface area (Å²) < 4.78 is 114. The summed E-state index contributed by atoms with van der Waals surface area (Å²) in [6.45, 7) is 3.02. The minimum absolute atomic E-state index is 0.0860. The fourth-order valence-electron chi connectivity index (χ4n) is 3.46. The highest BCUT2D eigenvalue weighted by atomic mass is 32.2. The van der Waals surface area contributed by atoms with E-state index < -0.39 is 74.9 Å². The number of aromatic nitrogens is 3. The van der Waals surface area contributed by atoms with Crippen LogP contribution in [0.5, 0.6) is 0 Å². The maximum absolute atomic E-state index is 15.3. The van der Waals surface area contributed by atoms with E-state index >= 15 is 4.39 Å². The summed E-state index contributed by atoms with van der Waals surface area (Å²) in [6.07, 6.45) is -9.55. The van der Waals surface area contributed by atoms with Gasteiger partial charge >= 0.3 is 12.1 Å². The van der Waals surface area contributed by atoms with E-state index in [0.29, 0.717) is 17.4 Å². The van der Waals surface area contributed by atoms with Gasteiger partial charge < -0.3 is 14.7 Å². The molecule has 2 aromatic heterocycles. The number of aliphatic hydroxyl groups is 1. The van der Waals surface area contributed by atoms with Crippen LogP contribution in [0.2, 0.25) is 0 Å². The molecule has 0 aliphatic carbocycles. The molecule has 2 heterocycles. The summed E-state index contributed by atoms with van der Waals surface area (Å²) in [5.74, 6) is -3.40. The lowest BCUT2D eigenvalue weighted by Gasteiger charge is -2.21. The van der Waals surface area contributed by atoms with Crippen molar-refractivity contribution in [3.05, 3.63) is 35.1 Å². The van der Waals surface area contributed by atoms with Gasteiger partial charge in [-0.25, -0.2) is 26.6 Å². The molecule has 0 amide bonds. The van der Waals surface area contributed by atoms with Gasteiger partial charge in [0.25, 0.3) is 6.43 Å². The van der Waals surface area contributed by atoms with Crippen molar-refractivity contribution in [3.63, 3.8) is 0 Å². The van der Waals surface area contributed by atoms with Crippen LogP contribution < -0.4 is 4.72 Å². The van der Waals surface area contributed by atoms with E-state index in [1.165, 1.54) is 18.6 Å². The number of hydrogen-bond acceptors (Lipinski definition) is 9. The molecule has 220 valence electrons. The van der Waals surface area contributed by atoms with E-state index in [9.17, 15) is 45.4 Å². The Morgan fingerprint density at radius 2 is 1.85 bits per heavy atom. The Bertz CT molecular complexity index is 1500. The number of carbonyl (C=O) groups is 1. The van der Waals surface area contributed by atoms with Gasteiger partial charge in [0, 0.05) is 12.0 Å². The highest BCUT2D eigenvalue weighted by Crippen LogP contribution is 2.42. The Hall–Kier alpha value is -3.09. The molecule has 0 aliphatic heterocycles. The molecule has 0 saturated heterocycles. The third-order valence-corrected chi connectivity index (χ3v) is 8.29. The largest absolute Gasteiger partial charge is 0.481 e. The quantitative estimate of drug-likeness (QED) is 0.260. The monoisotopic (exact) mass is 616 g/mol. The van der Waals surface area contributed by atoms with E-state index in [-0.39, 0.29) is 33.7 Å². The zero-order chi connectivity index (χ0) is 30.2. The minimum atomic E-state index is -5.23. The van der Waals surface area contributed by atoms with Gasteiger partial charge in [-0.15, -0.1) is 11.3 Å². The van der Waals surface area contributed by atoms with Gasteiger partial charge in [0.2, 0.25) is 21.7 Å². The number of nitrogens with one attached hydrogen (secondary N) is 1. The Kier molecular flexibility index (Phi) is 8.97. The first kappa shape index (κ1) is 31.4. The predicted molar refractivity (Wildman–Crippen MR) is 127 cm³/mol. The van der Waals surface area contributed by atoms with E-state index in [2.05, 4.69) is 15.1 Å². The van der Waals surface area contributed by atoms with Crippen LogP contribution in [-0.2, 0) is 27.8 Å². The molecule has 3 rings (SSSR count). The molecule has 3 N–H and O–H groups in total. The van der Waals surface area contributed by atoms with Gasteiger partial charge in [0.15, 0.2) is 10.8 Å². The maximum atomic E-state index is 15.3. The van der Waals surface area contributed by atoms with E-state index in [1.54, 1.807) is 0 Å². The van der Waals surface area contributed by atoms with Gasteiger partial charge in [-0.1, -0.05) is 18.1 Å². The van der Waals surface area contributed by atoms with Gasteiger partial charge in [-0.05, 0) is 26.3 Å². The minimum Gasteiger partial charge on any atom is -0.481 e. The standard InChI is InChI=1S/C22H22F6N4O6S2/c1-4-12(22(26,27)28)32-40(36,37)11-6-5-9(14(15(11)23)17(24)25)16-10(8-33)29-19(39-16)18-30-13(38-31-18)7-21(2,3)20(34)35/h5-6,12,17,32-33H,4,7-8H2,1-3H3,(H,34,35). The molecule has 0 spiro atoms. The van der Waals surface area contributed by atoms with Crippen LogP contribution in [0, 0.1) is 11.2 Å². The van der Waals surface area contributed by atoms with Crippen LogP contribution in [-0.4, -0.2) is 51.9 Å². The summed E-state index contributed by atoms with van der Waals surface area (Å²) in [4.78, 5) is 17.8. The summed E-state index contributed by atoms with van der Waals surface area (Å²) in [7, 11) is -5.23. The molecule has 1 unspecified atom stereocenters. The number of carboxylic acid groups (broad SMARTS) is 1. The van der Waals surface area contributed by atoms with Gasteiger partial charge in [-0.2, -0.15) is 22.9 Å². The third kappa shape index (κ3) is 6.45. The lowest BCUT2D eigenvalue weighted by atomic mass is 9.90. The second-order valence-electron chi connectivity index (χ2n) is 9.09. The molecule has 0 radical (unpaired) electrons. The summed E-state index contributed by atoms with van der Waals surface area (Å²) in [5, 5.41) is 22.6. The fraction of sp³-hybridized carbons (Fsp3) is 0.455. The van der Waals surface area contributed by atoms with Crippen LogP contribution in [0.15, 0.2) is 21.6 Å².